The molecule has 5 nitrogen and oxygen atoms in total. The van der Waals surface area contributed by atoms with E-state index in [4.69, 9.17) is 16.6 Å². The van der Waals surface area contributed by atoms with E-state index in [1.165, 1.54) is 11.1 Å². The van der Waals surface area contributed by atoms with Crippen LogP contribution in [0.25, 0.3) is 10.9 Å². The molecule has 1 aromatic heterocycles. The summed E-state index contributed by atoms with van der Waals surface area (Å²) in [6.45, 7) is 0. The molecule has 4 rings (SSSR count). The van der Waals surface area contributed by atoms with E-state index in [1.807, 2.05) is 30.3 Å². The van der Waals surface area contributed by atoms with E-state index in [0.29, 0.717) is 29.2 Å². The monoisotopic (exact) mass is 560 g/mol. The number of pyridine rings is 1. The van der Waals surface area contributed by atoms with Crippen LogP contribution in [0.2, 0.25) is 5.02 Å². The number of thioether (sulfide) groups is 1. The lowest BCUT2D eigenvalue weighted by atomic mass is 9.97. The van der Waals surface area contributed by atoms with Gasteiger partial charge in [0.15, 0.2) is 0 Å². The van der Waals surface area contributed by atoms with Crippen LogP contribution in [0.3, 0.4) is 0 Å². The second kappa shape index (κ2) is 13.6. The second-order valence-electron chi connectivity index (χ2n) is 9.78. The molecule has 1 N–H and O–H groups in total. The highest BCUT2D eigenvalue weighted by Crippen LogP contribution is 2.35. The first-order chi connectivity index (χ1) is 18.8. The fraction of sp³-hybridized carbons (Fsp3) is 0.281. The molecule has 4 aromatic rings. The fourth-order valence-corrected chi connectivity index (χ4v) is 5.95. The first kappa shape index (κ1) is 28.7. The van der Waals surface area contributed by atoms with Crippen molar-refractivity contribution < 1.29 is 14.7 Å². The van der Waals surface area contributed by atoms with Gasteiger partial charge in [-0.2, -0.15) is 11.8 Å². The molecule has 0 spiro atoms. The van der Waals surface area contributed by atoms with Crippen molar-refractivity contribution in [3.05, 3.63) is 112 Å². The van der Waals surface area contributed by atoms with Crippen molar-refractivity contribution in [1.29, 1.82) is 0 Å². The Hall–Kier alpha value is -3.35. The third-order valence-corrected chi connectivity index (χ3v) is 8.35. The fourth-order valence-electron chi connectivity index (χ4n) is 4.58. The van der Waals surface area contributed by atoms with Crippen molar-refractivity contribution in [3.63, 3.8) is 0 Å². The third kappa shape index (κ3) is 8.07. The van der Waals surface area contributed by atoms with Crippen LogP contribution in [-0.2, 0) is 24.1 Å². The number of aromatic carboxylic acids is 1. The number of carboxylic acid groups (broad SMARTS) is 1. The molecule has 3 aromatic carbocycles. The average Bonchev–Trinajstić information content (AvgIpc) is 2.93. The number of hydrogen-bond acceptors (Lipinski definition) is 4. The highest BCUT2D eigenvalue weighted by molar-refractivity contribution is 7.99. The summed E-state index contributed by atoms with van der Waals surface area (Å²) in [5.41, 5.74) is 5.52. The Kier molecular flexibility index (Phi) is 10.0. The van der Waals surface area contributed by atoms with Gasteiger partial charge in [-0.05, 0) is 66.6 Å². The zero-order valence-corrected chi connectivity index (χ0v) is 23.8. The first-order valence-corrected chi connectivity index (χ1v) is 14.5. The number of aromatic nitrogens is 1. The van der Waals surface area contributed by atoms with Gasteiger partial charge >= 0.3 is 5.97 Å². The normalized spacial score (nSPS) is 11.9. The van der Waals surface area contributed by atoms with E-state index >= 15 is 0 Å². The molecule has 0 saturated carbocycles. The summed E-state index contributed by atoms with van der Waals surface area (Å²) in [7, 11) is 3.55. The van der Waals surface area contributed by atoms with Crippen molar-refractivity contribution in [3.8, 4) is 0 Å². The van der Waals surface area contributed by atoms with Crippen molar-refractivity contribution in [2.75, 3.05) is 19.8 Å². The number of hydrogen-bond donors (Lipinski definition) is 1. The van der Waals surface area contributed by atoms with Crippen molar-refractivity contribution in [2.45, 2.75) is 37.4 Å². The number of amides is 1. The Morgan fingerprint density at radius 3 is 2.54 bits per heavy atom. The van der Waals surface area contributed by atoms with E-state index in [-0.39, 0.29) is 11.2 Å². The summed E-state index contributed by atoms with van der Waals surface area (Å²) in [5, 5.41) is 11.5. The number of rotatable bonds is 12. The zero-order chi connectivity index (χ0) is 27.8. The molecule has 7 heteroatoms. The van der Waals surface area contributed by atoms with Gasteiger partial charge in [0.25, 0.3) is 0 Å². The topological polar surface area (TPSA) is 70.5 Å². The number of carboxylic acids is 1. The number of carbonyl (C=O) groups is 2. The minimum absolute atomic E-state index is 0.107. The molecule has 0 radical (unpaired) electrons. The summed E-state index contributed by atoms with van der Waals surface area (Å²) in [6, 6.07) is 25.7. The minimum atomic E-state index is -0.905. The van der Waals surface area contributed by atoms with Crippen LogP contribution in [0.4, 0.5) is 0 Å². The van der Waals surface area contributed by atoms with Crippen LogP contribution < -0.4 is 0 Å². The number of aryl methyl sites for hydroxylation is 3. The van der Waals surface area contributed by atoms with Crippen LogP contribution in [0.15, 0.2) is 78.9 Å². The largest absolute Gasteiger partial charge is 0.478 e. The molecule has 0 bridgehead atoms. The molecule has 1 unspecified atom stereocenters. The van der Waals surface area contributed by atoms with Gasteiger partial charge in [-0.3, -0.25) is 9.78 Å². The van der Waals surface area contributed by atoms with Crippen LogP contribution in [-0.4, -0.2) is 46.7 Å². The maximum atomic E-state index is 12.2. The highest BCUT2D eigenvalue weighted by Gasteiger charge is 2.17. The van der Waals surface area contributed by atoms with E-state index in [0.717, 1.165) is 41.4 Å². The molecule has 39 heavy (non-hydrogen) atoms. The quantitative estimate of drug-likeness (QED) is 0.197. The van der Waals surface area contributed by atoms with Gasteiger partial charge in [0.2, 0.25) is 5.91 Å². The number of fused-ring (bicyclic) bond motifs is 1. The molecule has 202 valence electrons. The van der Waals surface area contributed by atoms with Crippen molar-refractivity contribution >= 4 is 46.1 Å². The first-order valence-electron chi connectivity index (χ1n) is 13.1. The number of nitrogens with zero attached hydrogens (tertiary/aromatic N) is 2. The Morgan fingerprint density at radius 1 is 0.949 bits per heavy atom. The molecule has 1 heterocycles. The van der Waals surface area contributed by atoms with Crippen molar-refractivity contribution in [1.82, 2.24) is 9.88 Å². The zero-order valence-electron chi connectivity index (χ0n) is 22.3. The molecule has 0 fully saturated rings. The van der Waals surface area contributed by atoms with E-state index < -0.39 is 5.97 Å². The van der Waals surface area contributed by atoms with E-state index in [9.17, 15) is 14.7 Å². The molecule has 0 aliphatic carbocycles. The number of carbonyl (C=O) groups excluding carboxylic acids is 1. The maximum Gasteiger partial charge on any atom is 0.335 e. The van der Waals surface area contributed by atoms with Gasteiger partial charge in [0, 0.05) is 47.6 Å². The number of benzene rings is 3. The van der Waals surface area contributed by atoms with E-state index in [2.05, 4.69) is 36.4 Å². The molecule has 0 saturated heterocycles. The van der Waals surface area contributed by atoms with E-state index in [1.54, 1.807) is 42.9 Å². The predicted octanol–water partition coefficient (Wildman–Crippen LogP) is 7.26. The molecule has 1 amide bonds. The smallest absolute Gasteiger partial charge is 0.335 e. The van der Waals surface area contributed by atoms with Gasteiger partial charge in [0.05, 0.1) is 11.1 Å². The van der Waals surface area contributed by atoms with Gasteiger partial charge in [0.1, 0.15) is 0 Å². The molecular weight excluding hydrogens is 528 g/mol. The summed E-state index contributed by atoms with van der Waals surface area (Å²) < 4.78 is 0. The lowest BCUT2D eigenvalue weighted by Gasteiger charge is -2.19. The Morgan fingerprint density at radius 2 is 1.74 bits per heavy atom. The van der Waals surface area contributed by atoms with Gasteiger partial charge in [-0.15, -0.1) is 0 Å². The Bertz CT molecular complexity index is 1460. The van der Waals surface area contributed by atoms with Gasteiger partial charge < -0.3 is 10.0 Å². The summed E-state index contributed by atoms with van der Waals surface area (Å²) in [4.78, 5) is 30.3. The average molecular weight is 561 g/mol. The van der Waals surface area contributed by atoms with Crippen LogP contribution in [0.1, 0.15) is 50.8 Å². The Balaban J connectivity index is 1.48. The molecular formula is C32H33ClN2O3S. The van der Waals surface area contributed by atoms with Crippen LogP contribution >= 0.6 is 23.4 Å². The molecule has 0 aliphatic heterocycles. The summed E-state index contributed by atoms with van der Waals surface area (Å²) in [5.74, 6) is -0.0934. The van der Waals surface area contributed by atoms with Gasteiger partial charge in [-0.25, -0.2) is 4.79 Å². The molecule has 0 aliphatic rings. The van der Waals surface area contributed by atoms with Crippen LogP contribution in [0.5, 0.6) is 0 Å². The SMILES string of the molecule is CN(C)C(=O)CCSC(CCc1ccccc1C(=O)O)c1cccc(CCc2ccc3ccc(Cl)cc3n2)c1. The highest BCUT2D eigenvalue weighted by atomic mass is 35.5. The summed E-state index contributed by atoms with van der Waals surface area (Å²) in [6.07, 6.45) is 3.56. The maximum absolute atomic E-state index is 12.2. The lowest BCUT2D eigenvalue weighted by molar-refractivity contribution is -0.128. The second-order valence-corrected chi connectivity index (χ2v) is 11.5. The number of halogens is 1. The molecule has 1 atom stereocenters. The van der Waals surface area contributed by atoms with Crippen LogP contribution in [0, 0.1) is 0 Å². The lowest BCUT2D eigenvalue weighted by Crippen LogP contribution is -2.22. The standard InChI is InChI=1S/C32H33ClN2O3S/c1-35(2)31(36)18-19-39-30(17-13-23-7-3-4-9-28(23)32(37)38)25-8-5-6-22(20-25)10-15-27-16-12-24-11-14-26(33)21-29(24)34-27/h3-9,11-12,14,16,20-21,30H,10,13,15,17-19H2,1-2H3,(H,37,38). The third-order valence-electron chi connectivity index (χ3n) is 6.76. The minimum Gasteiger partial charge on any atom is -0.478 e. The predicted molar refractivity (Wildman–Crippen MR) is 161 cm³/mol. The van der Waals surface area contributed by atoms with Crippen molar-refractivity contribution in [2.24, 2.45) is 0 Å². The Labute approximate surface area is 239 Å². The summed E-state index contributed by atoms with van der Waals surface area (Å²) >= 11 is 7.92. The van der Waals surface area contributed by atoms with Gasteiger partial charge in [-0.1, -0.05) is 66.2 Å².